The van der Waals surface area contributed by atoms with Gasteiger partial charge in [-0.15, -0.1) is 5.92 Å². The van der Waals surface area contributed by atoms with Crippen LogP contribution in [0.4, 0.5) is 19.1 Å². The van der Waals surface area contributed by atoms with E-state index < -0.39 is 23.0 Å². The van der Waals surface area contributed by atoms with E-state index in [4.69, 9.17) is 9.73 Å². The number of nitrogens with zero attached hydrogens (tertiary/aromatic N) is 6. The summed E-state index contributed by atoms with van der Waals surface area (Å²) in [4.78, 5) is 36.2. The number of amidine groups is 1. The van der Waals surface area contributed by atoms with E-state index in [0.29, 0.717) is 28.6 Å². The Hall–Kier alpha value is -5.22. The van der Waals surface area contributed by atoms with Gasteiger partial charge in [0, 0.05) is 29.3 Å². The lowest BCUT2D eigenvalue weighted by atomic mass is 9.81. The molecule has 2 aliphatic heterocycles. The monoisotopic (exact) mass is 641 g/mol. The molecule has 2 aromatic heterocycles. The zero-order chi connectivity index (χ0) is 32.1. The van der Waals surface area contributed by atoms with E-state index in [2.05, 4.69) is 37.1 Å². The van der Waals surface area contributed by atoms with Gasteiger partial charge in [-0.3, -0.25) is 4.79 Å². The number of carbonyl (C=O) groups is 1. The Morgan fingerprint density at radius 2 is 1.91 bits per heavy atom. The number of ether oxygens (including phenoxy) is 1. The molecule has 2 aromatic carbocycles. The first-order valence-corrected chi connectivity index (χ1v) is 15.2. The molecule has 6 rings (SSSR count). The number of hydrogen-bond acceptors (Lipinski definition) is 9. The van der Waals surface area contributed by atoms with Crippen molar-refractivity contribution in [1.82, 2.24) is 25.3 Å². The highest BCUT2D eigenvalue weighted by Gasteiger charge is 2.52. The second-order valence-corrected chi connectivity index (χ2v) is 11.4. The van der Waals surface area contributed by atoms with Crippen LogP contribution in [0.1, 0.15) is 34.1 Å². The number of halogens is 3. The van der Waals surface area contributed by atoms with Gasteiger partial charge in [-0.1, -0.05) is 41.9 Å². The summed E-state index contributed by atoms with van der Waals surface area (Å²) < 4.78 is 50.1. The molecule has 232 valence electrons. The second kappa shape index (κ2) is 13.4. The van der Waals surface area contributed by atoms with E-state index in [1.165, 1.54) is 42.4 Å². The van der Waals surface area contributed by atoms with Crippen molar-refractivity contribution >= 4 is 40.7 Å². The van der Waals surface area contributed by atoms with Crippen LogP contribution in [-0.4, -0.2) is 56.5 Å². The van der Waals surface area contributed by atoms with Crippen LogP contribution in [0, 0.1) is 29.4 Å². The van der Waals surface area contributed by atoms with Crippen molar-refractivity contribution < 1.29 is 22.7 Å². The zero-order valence-corrected chi connectivity index (χ0v) is 25.3. The molecule has 9 nitrogen and oxygen atoms in total. The number of rotatable bonds is 7. The lowest BCUT2D eigenvalue weighted by Gasteiger charge is -2.35. The molecular formula is C33H26F3N7O2S. The third-order valence-corrected chi connectivity index (χ3v) is 8.54. The van der Waals surface area contributed by atoms with E-state index in [1.807, 2.05) is 4.90 Å². The van der Waals surface area contributed by atoms with Crippen LogP contribution in [0.15, 0.2) is 78.3 Å². The van der Waals surface area contributed by atoms with Gasteiger partial charge in [0.15, 0.2) is 23.4 Å². The van der Waals surface area contributed by atoms with Crippen LogP contribution in [0.2, 0.25) is 0 Å². The van der Waals surface area contributed by atoms with Crippen LogP contribution in [0.5, 0.6) is 5.88 Å². The summed E-state index contributed by atoms with van der Waals surface area (Å²) in [7, 11) is 0. The predicted molar refractivity (Wildman–Crippen MR) is 170 cm³/mol. The molecule has 4 heterocycles. The first-order valence-electron chi connectivity index (χ1n) is 14.2. The maximum absolute atomic E-state index is 15.8. The number of nitrogens with one attached hydrogen (secondary N) is 1. The first-order chi connectivity index (χ1) is 22.3. The standard InChI is InChI=1S/C33H26F3N7O2S/c1-2-3-11-45-29-17-37-28(16-38-29)27(36)13-21-9-10-26(35)25(12-21)33-20-43(31-39-14-24(34)15-40-31)18-23(33)19-46-32(42-33)41-30(44)22-7-5-4-6-8-22/h4-10,12-17,23H,11,18-20H2,1H3,(H,41,42,44)/b27-13-/t23-,33-/m0/s1. The average Bonchev–Trinajstić information content (AvgIpc) is 3.46. The highest BCUT2D eigenvalue weighted by atomic mass is 32.2. The van der Waals surface area contributed by atoms with Gasteiger partial charge in [0.05, 0.1) is 31.3 Å². The molecule has 1 fully saturated rings. The minimum absolute atomic E-state index is 0.0330. The number of aromatic nitrogens is 4. The second-order valence-electron chi connectivity index (χ2n) is 10.4. The van der Waals surface area contributed by atoms with Crippen molar-refractivity contribution in [2.45, 2.75) is 12.5 Å². The number of hydrogen-bond donors (Lipinski definition) is 1. The topological polar surface area (TPSA) is 105 Å². The van der Waals surface area contributed by atoms with Crippen LogP contribution in [-0.2, 0) is 5.54 Å². The molecule has 0 aliphatic carbocycles. The van der Waals surface area contributed by atoms with Crippen molar-refractivity contribution in [1.29, 1.82) is 0 Å². The van der Waals surface area contributed by atoms with Gasteiger partial charge in [-0.05, 0) is 42.8 Å². The number of carbonyl (C=O) groups excluding carboxylic acids is 1. The summed E-state index contributed by atoms with van der Waals surface area (Å²) >= 11 is 1.34. The SMILES string of the molecule is CC#CCOc1cnc(/C(F)=C/c2ccc(F)c([C@]34CN(c5ncc(F)cn5)C[C@H]3CSC(NC(=O)c3ccccc3)=N4)c2)cn1. The van der Waals surface area contributed by atoms with Crippen molar-refractivity contribution in [3.8, 4) is 17.7 Å². The predicted octanol–water partition coefficient (Wildman–Crippen LogP) is 5.28. The van der Waals surface area contributed by atoms with Crippen LogP contribution in [0.3, 0.4) is 0 Å². The van der Waals surface area contributed by atoms with Crippen molar-refractivity contribution in [2.75, 3.05) is 30.3 Å². The molecule has 1 amide bonds. The Kier molecular flexibility index (Phi) is 8.98. The van der Waals surface area contributed by atoms with Crippen molar-refractivity contribution in [3.05, 3.63) is 107 Å². The van der Waals surface area contributed by atoms with Crippen molar-refractivity contribution in [2.24, 2.45) is 10.9 Å². The molecule has 0 bridgehead atoms. The largest absolute Gasteiger partial charge is 0.463 e. The minimum atomic E-state index is -1.20. The number of anilines is 1. The van der Waals surface area contributed by atoms with Crippen LogP contribution < -0.4 is 15.0 Å². The Bertz CT molecular complexity index is 1860. The fraction of sp³-hybridized carbons (Fsp3) is 0.212. The normalized spacial score (nSPS) is 19.0. The first kappa shape index (κ1) is 30.8. The number of aliphatic imine (C=N–C) groups is 1. The minimum Gasteiger partial charge on any atom is -0.463 e. The van der Waals surface area contributed by atoms with E-state index in [9.17, 15) is 9.18 Å². The molecule has 1 N–H and O–H groups in total. The van der Waals surface area contributed by atoms with Gasteiger partial charge in [0.1, 0.15) is 17.1 Å². The molecule has 0 radical (unpaired) electrons. The van der Waals surface area contributed by atoms with Crippen molar-refractivity contribution in [3.63, 3.8) is 0 Å². The maximum Gasteiger partial charge on any atom is 0.257 e. The highest BCUT2D eigenvalue weighted by molar-refractivity contribution is 8.13. The molecule has 46 heavy (non-hydrogen) atoms. The van der Waals surface area contributed by atoms with E-state index in [1.54, 1.807) is 43.3 Å². The van der Waals surface area contributed by atoms with Gasteiger partial charge in [0.2, 0.25) is 11.8 Å². The quantitative estimate of drug-likeness (QED) is 0.272. The Morgan fingerprint density at radius 3 is 2.65 bits per heavy atom. The Balaban J connectivity index is 1.35. The summed E-state index contributed by atoms with van der Waals surface area (Å²) in [6.45, 7) is 2.34. The van der Waals surface area contributed by atoms with Crippen LogP contribution in [0.25, 0.3) is 11.9 Å². The van der Waals surface area contributed by atoms with E-state index in [-0.39, 0.29) is 48.1 Å². The molecule has 13 heteroatoms. The summed E-state index contributed by atoms with van der Waals surface area (Å²) in [6.07, 6.45) is 5.90. The van der Waals surface area contributed by atoms with Gasteiger partial charge in [0.25, 0.3) is 5.91 Å². The molecular weight excluding hydrogens is 615 g/mol. The van der Waals surface area contributed by atoms with Gasteiger partial charge < -0.3 is 15.0 Å². The Morgan fingerprint density at radius 1 is 1.11 bits per heavy atom. The fourth-order valence-electron chi connectivity index (χ4n) is 5.30. The number of benzene rings is 2. The van der Waals surface area contributed by atoms with Gasteiger partial charge in [-0.25, -0.2) is 38.1 Å². The molecule has 0 unspecified atom stereocenters. The van der Waals surface area contributed by atoms with Crippen LogP contribution >= 0.6 is 11.8 Å². The molecule has 0 saturated carbocycles. The Labute approximate surface area is 267 Å². The molecule has 2 aliphatic rings. The number of fused-ring (bicyclic) bond motifs is 1. The summed E-state index contributed by atoms with van der Waals surface area (Å²) in [5, 5.41) is 3.18. The maximum atomic E-state index is 15.8. The summed E-state index contributed by atoms with van der Waals surface area (Å²) in [5.41, 5.74) is -0.216. The summed E-state index contributed by atoms with van der Waals surface area (Å²) in [5.74, 6) is 3.96. The van der Waals surface area contributed by atoms with E-state index in [0.717, 1.165) is 12.4 Å². The third-order valence-electron chi connectivity index (χ3n) is 7.51. The molecule has 4 aromatic rings. The zero-order valence-electron chi connectivity index (χ0n) is 24.5. The number of amides is 1. The summed E-state index contributed by atoms with van der Waals surface area (Å²) in [6, 6.07) is 12.9. The highest BCUT2D eigenvalue weighted by Crippen LogP contribution is 2.47. The molecule has 1 saturated heterocycles. The average molecular weight is 642 g/mol. The fourth-order valence-corrected chi connectivity index (χ4v) is 6.43. The third kappa shape index (κ3) is 6.57. The number of thioether (sulfide) groups is 1. The molecule has 2 atom stereocenters. The smallest absolute Gasteiger partial charge is 0.257 e. The lowest BCUT2D eigenvalue weighted by Crippen LogP contribution is -2.43. The van der Waals surface area contributed by atoms with Gasteiger partial charge in [-0.2, -0.15) is 0 Å². The molecule has 0 spiro atoms. The van der Waals surface area contributed by atoms with E-state index >= 15 is 8.78 Å². The van der Waals surface area contributed by atoms with Gasteiger partial charge >= 0.3 is 0 Å². The lowest BCUT2D eigenvalue weighted by molar-refractivity contribution is 0.0977.